The van der Waals surface area contributed by atoms with E-state index in [0.717, 1.165) is 11.3 Å². The van der Waals surface area contributed by atoms with Gasteiger partial charge in [-0.25, -0.2) is 4.98 Å². The Morgan fingerprint density at radius 1 is 1.32 bits per heavy atom. The first kappa shape index (κ1) is 25.6. The summed E-state index contributed by atoms with van der Waals surface area (Å²) in [6, 6.07) is 9.97. The van der Waals surface area contributed by atoms with E-state index in [-0.39, 0.29) is 23.8 Å². The number of benzene rings is 1. The molecule has 0 saturated carbocycles. The van der Waals surface area contributed by atoms with Gasteiger partial charge in [0.15, 0.2) is 0 Å². The Morgan fingerprint density at radius 3 is 2.56 bits per heavy atom. The molecular formula is C25H32N4O4S. The molecule has 0 spiro atoms. The number of aliphatic hydroxyl groups excluding tert-OH is 1. The second-order valence-electron chi connectivity index (χ2n) is 8.83. The van der Waals surface area contributed by atoms with E-state index in [1.165, 1.54) is 10.4 Å². The molecule has 4 rings (SSSR count). The molecule has 2 aromatic heterocycles. The average molecular weight is 485 g/mol. The van der Waals surface area contributed by atoms with Gasteiger partial charge in [0.05, 0.1) is 28.4 Å². The van der Waals surface area contributed by atoms with Gasteiger partial charge < -0.3 is 19.8 Å². The quantitative estimate of drug-likeness (QED) is 0.494. The number of β-amino-alcohol motifs (C(OH)–C–C–N with tert-alkyl or cyclic N) is 1. The number of thiazole rings is 1. The number of hydrogen-bond acceptors (Lipinski definition) is 7. The standard InChI is InChI=1S/C13H20N2O3.C12H12N2OS/c1-8(2)12(11-4-5-14-18-11)13(17)15-7-10(16)6-9(15)3;1-9-12(16-8-14-9)11-4-2-10(3-5-11)6-13-7-15/h4-5,8-10,12,16H,6-7H2,1-3H3;2-5,7-8H,6H2,1H3,(H,13,15). The highest BCUT2D eigenvalue weighted by Gasteiger charge is 2.38. The van der Waals surface area contributed by atoms with Crippen LogP contribution >= 0.6 is 11.3 Å². The summed E-state index contributed by atoms with van der Waals surface area (Å²) in [5, 5.41) is 16.0. The Morgan fingerprint density at radius 2 is 2.06 bits per heavy atom. The number of rotatable bonds is 7. The summed E-state index contributed by atoms with van der Waals surface area (Å²) >= 11 is 1.64. The Labute approximate surface area is 204 Å². The van der Waals surface area contributed by atoms with Crippen molar-refractivity contribution in [2.45, 2.75) is 58.7 Å². The number of aromatic nitrogens is 2. The summed E-state index contributed by atoms with van der Waals surface area (Å²) in [6.45, 7) is 8.94. The molecule has 0 bridgehead atoms. The Balaban J connectivity index is 0.000000192. The van der Waals surface area contributed by atoms with Crippen LogP contribution in [0, 0.1) is 12.8 Å². The van der Waals surface area contributed by atoms with Crippen molar-refractivity contribution in [1.82, 2.24) is 20.4 Å². The number of aliphatic hydroxyl groups is 1. The molecule has 9 heteroatoms. The van der Waals surface area contributed by atoms with E-state index in [1.807, 2.05) is 45.3 Å². The van der Waals surface area contributed by atoms with Crippen molar-refractivity contribution in [1.29, 1.82) is 0 Å². The van der Waals surface area contributed by atoms with Crippen LogP contribution in [0.3, 0.4) is 0 Å². The van der Waals surface area contributed by atoms with Gasteiger partial charge in [-0.05, 0) is 37.3 Å². The fourth-order valence-corrected chi connectivity index (χ4v) is 4.93. The van der Waals surface area contributed by atoms with Crippen molar-refractivity contribution in [3.63, 3.8) is 0 Å². The zero-order chi connectivity index (χ0) is 24.7. The van der Waals surface area contributed by atoms with E-state index in [0.29, 0.717) is 31.7 Å². The number of carbonyl (C=O) groups is 2. The highest BCUT2D eigenvalue weighted by molar-refractivity contribution is 7.13. The lowest BCUT2D eigenvalue weighted by Gasteiger charge is -2.27. The van der Waals surface area contributed by atoms with Gasteiger partial charge in [-0.15, -0.1) is 11.3 Å². The lowest BCUT2D eigenvalue weighted by molar-refractivity contribution is -0.135. The van der Waals surface area contributed by atoms with Crippen LogP contribution in [-0.2, 0) is 16.1 Å². The van der Waals surface area contributed by atoms with Crippen molar-refractivity contribution in [2.24, 2.45) is 5.92 Å². The third kappa shape index (κ3) is 6.30. The largest absolute Gasteiger partial charge is 0.391 e. The molecule has 34 heavy (non-hydrogen) atoms. The average Bonchev–Trinajstić information content (AvgIpc) is 3.55. The number of amides is 2. The first-order valence-corrected chi connectivity index (χ1v) is 12.2. The molecule has 1 saturated heterocycles. The highest BCUT2D eigenvalue weighted by Crippen LogP contribution is 2.30. The van der Waals surface area contributed by atoms with Crippen LogP contribution in [0.25, 0.3) is 10.4 Å². The van der Waals surface area contributed by atoms with Gasteiger partial charge in [-0.3, -0.25) is 9.59 Å². The fraction of sp³-hybridized carbons (Fsp3) is 0.440. The number of nitrogens with one attached hydrogen (secondary N) is 1. The topological polar surface area (TPSA) is 109 Å². The lowest BCUT2D eigenvalue weighted by Crippen LogP contribution is -2.39. The first-order chi connectivity index (χ1) is 16.3. The molecule has 3 heterocycles. The number of likely N-dealkylation sites (tertiary alicyclic amines) is 1. The van der Waals surface area contributed by atoms with E-state index in [4.69, 9.17) is 4.52 Å². The number of nitrogens with zero attached hydrogens (tertiary/aromatic N) is 3. The minimum atomic E-state index is -0.411. The molecule has 2 amide bonds. The number of aryl methyl sites for hydroxylation is 1. The maximum Gasteiger partial charge on any atom is 0.234 e. The molecule has 1 aliphatic heterocycles. The summed E-state index contributed by atoms with van der Waals surface area (Å²) in [5.74, 6) is 0.435. The Kier molecular flexibility index (Phi) is 8.95. The maximum atomic E-state index is 12.6. The highest BCUT2D eigenvalue weighted by atomic mass is 32.1. The molecule has 8 nitrogen and oxygen atoms in total. The normalized spacial score (nSPS) is 18.4. The van der Waals surface area contributed by atoms with Crippen LogP contribution in [0.15, 0.2) is 46.6 Å². The van der Waals surface area contributed by atoms with Crippen LogP contribution in [0.2, 0.25) is 0 Å². The minimum Gasteiger partial charge on any atom is -0.391 e. The summed E-state index contributed by atoms with van der Waals surface area (Å²) < 4.78 is 5.14. The van der Waals surface area contributed by atoms with E-state index >= 15 is 0 Å². The summed E-state index contributed by atoms with van der Waals surface area (Å²) in [6.07, 6.45) is 2.50. The number of hydrogen-bond donors (Lipinski definition) is 2. The zero-order valence-electron chi connectivity index (χ0n) is 20.0. The molecular weight excluding hydrogens is 452 g/mol. The lowest BCUT2D eigenvalue weighted by atomic mass is 9.91. The van der Waals surface area contributed by atoms with Gasteiger partial charge in [0.1, 0.15) is 11.7 Å². The summed E-state index contributed by atoms with van der Waals surface area (Å²) in [7, 11) is 0. The molecule has 2 N–H and O–H groups in total. The fourth-order valence-electron chi connectivity index (χ4n) is 4.12. The van der Waals surface area contributed by atoms with Crippen LogP contribution < -0.4 is 5.32 Å². The molecule has 1 fully saturated rings. The predicted octanol–water partition coefficient (Wildman–Crippen LogP) is 3.76. The van der Waals surface area contributed by atoms with Crippen molar-refractivity contribution in [3.8, 4) is 10.4 Å². The Bertz CT molecular complexity index is 1050. The molecule has 3 aromatic rings. The van der Waals surface area contributed by atoms with E-state index in [2.05, 4.69) is 27.6 Å². The monoisotopic (exact) mass is 484 g/mol. The smallest absolute Gasteiger partial charge is 0.234 e. The second kappa shape index (κ2) is 11.9. The van der Waals surface area contributed by atoms with Crippen LogP contribution in [0.5, 0.6) is 0 Å². The summed E-state index contributed by atoms with van der Waals surface area (Å²) in [5.41, 5.74) is 5.18. The van der Waals surface area contributed by atoms with Crippen LogP contribution in [0.1, 0.15) is 50.1 Å². The minimum absolute atomic E-state index is 0.0193. The van der Waals surface area contributed by atoms with E-state index < -0.39 is 6.10 Å². The SMILES string of the molecule is CC(C)C(C(=O)N1CC(O)CC1C)c1ccno1.Cc1ncsc1-c1ccc(CNC=O)cc1. The van der Waals surface area contributed by atoms with Gasteiger partial charge in [-0.1, -0.05) is 43.3 Å². The number of carbonyl (C=O) groups excluding carboxylic acids is 2. The molecule has 3 atom stereocenters. The maximum absolute atomic E-state index is 12.6. The van der Waals surface area contributed by atoms with Crippen LogP contribution in [0.4, 0.5) is 0 Å². The van der Waals surface area contributed by atoms with Gasteiger partial charge in [0, 0.05) is 25.2 Å². The zero-order valence-corrected chi connectivity index (χ0v) is 20.8. The first-order valence-electron chi connectivity index (χ1n) is 11.4. The third-order valence-corrected chi connectivity index (χ3v) is 6.86. The van der Waals surface area contributed by atoms with Gasteiger partial charge in [0.2, 0.25) is 12.3 Å². The second-order valence-corrected chi connectivity index (χ2v) is 9.68. The van der Waals surface area contributed by atoms with Gasteiger partial charge in [-0.2, -0.15) is 0 Å². The van der Waals surface area contributed by atoms with Crippen molar-refractivity contribution in [3.05, 3.63) is 59.1 Å². The Hall–Kier alpha value is -3.04. The van der Waals surface area contributed by atoms with E-state index in [1.54, 1.807) is 28.5 Å². The van der Waals surface area contributed by atoms with Gasteiger partial charge in [0.25, 0.3) is 0 Å². The molecule has 0 aliphatic carbocycles. The molecule has 3 unspecified atom stereocenters. The van der Waals surface area contributed by atoms with Crippen molar-refractivity contribution >= 4 is 23.7 Å². The van der Waals surface area contributed by atoms with E-state index in [9.17, 15) is 14.7 Å². The third-order valence-electron chi connectivity index (χ3n) is 5.88. The van der Waals surface area contributed by atoms with Gasteiger partial charge >= 0.3 is 0 Å². The van der Waals surface area contributed by atoms with Crippen LogP contribution in [-0.4, -0.2) is 51.2 Å². The molecule has 0 radical (unpaired) electrons. The molecule has 1 aromatic carbocycles. The summed E-state index contributed by atoms with van der Waals surface area (Å²) in [4.78, 5) is 29.9. The predicted molar refractivity (Wildman–Crippen MR) is 131 cm³/mol. The van der Waals surface area contributed by atoms with Crippen molar-refractivity contribution in [2.75, 3.05) is 6.54 Å². The molecule has 182 valence electrons. The van der Waals surface area contributed by atoms with Crippen molar-refractivity contribution < 1.29 is 19.2 Å². The molecule has 1 aliphatic rings.